The predicted molar refractivity (Wildman–Crippen MR) is 42.7 cm³/mol. The van der Waals surface area contributed by atoms with Crippen LogP contribution < -0.4 is 0 Å². The fraction of sp³-hybridized carbons (Fsp3) is 0.714. The molecule has 0 bridgehead atoms. The molecule has 14 heavy (non-hydrogen) atoms. The molecule has 80 valence electrons. The van der Waals surface area contributed by atoms with Gasteiger partial charge in [-0.2, -0.15) is 0 Å². The topological polar surface area (TPSA) is 60.2 Å². The van der Waals surface area contributed by atoms with Crippen molar-refractivity contribution in [3.05, 3.63) is 11.4 Å². The summed E-state index contributed by atoms with van der Waals surface area (Å²) in [6, 6.07) is 0. The van der Waals surface area contributed by atoms with E-state index >= 15 is 0 Å². The van der Waals surface area contributed by atoms with Gasteiger partial charge in [0, 0.05) is 7.11 Å². The number of aliphatic hydroxyl groups is 1. The minimum Gasteiger partial charge on any atom is -0.390 e. The zero-order valence-corrected chi connectivity index (χ0v) is 7.65. The summed E-state index contributed by atoms with van der Waals surface area (Å²) in [7, 11) is 1.43. The molecule has 1 heterocycles. The minimum absolute atomic E-state index is 0.107. The van der Waals surface area contributed by atoms with Gasteiger partial charge < -0.3 is 9.84 Å². The molecular weight excluding hydrogens is 196 g/mol. The molecule has 7 heteroatoms. The van der Waals surface area contributed by atoms with Gasteiger partial charge in [0.05, 0.1) is 18.9 Å². The van der Waals surface area contributed by atoms with E-state index < -0.39 is 13.0 Å². The predicted octanol–water partition coefficient (Wildman–Crippen LogP) is 0.182. The van der Waals surface area contributed by atoms with Crippen molar-refractivity contribution in [3.8, 4) is 0 Å². The van der Waals surface area contributed by atoms with E-state index in [9.17, 15) is 8.78 Å². The molecule has 0 saturated carbocycles. The van der Waals surface area contributed by atoms with Crippen molar-refractivity contribution in [1.82, 2.24) is 15.0 Å². The third-order valence-electron chi connectivity index (χ3n) is 1.66. The summed E-state index contributed by atoms with van der Waals surface area (Å²) in [5.74, 6) is 0. The van der Waals surface area contributed by atoms with Gasteiger partial charge in [0.25, 0.3) is 6.43 Å². The Morgan fingerprint density at radius 2 is 2.29 bits per heavy atom. The van der Waals surface area contributed by atoms with Crippen LogP contribution in [0.1, 0.15) is 11.4 Å². The molecule has 0 aliphatic carbocycles. The smallest absolute Gasteiger partial charge is 0.257 e. The monoisotopic (exact) mass is 207 g/mol. The summed E-state index contributed by atoms with van der Waals surface area (Å²) < 4.78 is 30.0. The molecule has 1 aromatic rings. The lowest BCUT2D eigenvalue weighted by molar-refractivity contribution is 0.113. The highest BCUT2D eigenvalue weighted by Gasteiger charge is 2.14. The molecule has 1 aromatic heterocycles. The number of aromatic nitrogens is 3. The first-order chi connectivity index (χ1) is 6.69. The second kappa shape index (κ2) is 4.97. The quantitative estimate of drug-likeness (QED) is 0.748. The van der Waals surface area contributed by atoms with Gasteiger partial charge in [-0.25, -0.2) is 13.5 Å². The van der Waals surface area contributed by atoms with Gasteiger partial charge in [-0.05, 0) is 0 Å². The molecule has 0 aliphatic rings. The van der Waals surface area contributed by atoms with Crippen LogP contribution in [-0.2, 0) is 24.5 Å². The first-order valence-corrected chi connectivity index (χ1v) is 3.98. The number of methoxy groups -OCH3 is 1. The maximum absolute atomic E-state index is 12.1. The number of ether oxygens (including phenoxy) is 1. The largest absolute Gasteiger partial charge is 0.390 e. The van der Waals surface area contributed by atoms with E-state index in [0.717, 1.165) is 4.68 Å². The molecule has 1 N–H and O–H groups in total. The van der Waals surface area contributed by atoms with Crippen LogP contribution in [0.4, 0.5) is 8.78 Å². The number of aliphatic hydroxyl groups excluding tert-OH is 1. The second-order valence-electron chi connectivity index (χ2n) is 2.65. The third-order valence-corrected chi connectivity index (χ3v) is 1.66. The van der Waals surface area contributed by atoms with E-state index in [0.29, 0.717) is 5.69 Å². The average molecular weight is 207 g/mol. The second-order valence-corrected chi connectivity index (χ2v) is 2.65. The standard InChI is InChI=1S/C7H11F2N3O2/c1-14-4-6-5(3-13)10-11-12(6)2-7(8)9/h7,13H,2-4H2,1H3. The van der Waals surface area contributed by atoms with Gasteiger partial charge in [0.2, 0.25) is 0 Å². The maximum Gasteiger partial charge on any atom is 0.257 e. The van der Waals surface area contributed by atoms with Crippen LogP contribution >= 0.6 is 0 Å². The number of hydrogen-bond donors (Lipinski definition) is 1. The lowest BCUT2D eigenvalue weighted by Crippen LogP contribution is -2.12. The summed E-state index contributed by atoms with van der Waals surface area (Å²) in [5.41, 5.74) is 0.655. The van der Waals surface area contributed by atoms with Gasteiger partial charge in [-0.15, -0.1) is 5.10 Å². The molecule has 0 aliphatic heterocycles. The van der Waals surface area contributed by atoms with Crippen molar-refractivity contribution in [2.75, 3.05) is 7.11 Å². The Bertz CT molecular complexity index is 290. The van der Waals surface area contributed by atoms with Crippen molar-refractivity contribution in [1.29, 1.82) is 0 Å². The first kappa shape index (κ1) is 11.0. The fourth-order valence-corrected chi connectivity index (χ4v) is 1.06. The lowest BCUT2D eigenvalue weighted by Gasteiger charge is -2.05. The van der Waals surface area contributed by atoms with E-state index in [1.165, 1.54) is 7.11 Å². The average Bonchev–Trinajstić information content (AvgIpc) is 2.48. The van der Waals surface area contributed by atoms with E-state index in [1.54, 1.807) is 0 Å². The number of alkyl halides is 2. The highest BCUT2D eigenvalue weighted by molar-refractivity contribution is 5.07. The number of halogens is 2. The Balaban J connectivity index is 2.86. The summed E-state index contributed by atoms with van der Waals surface area (Å²) in [6.45, 7) is -0.761. The van der Waals surface area contributed by atoms with Crippen LogP contribution in [0.2, 0.25) is 0 Å². The van der Waals surface area contributed by atoms with Crippen LogP contribution in [0.5, 0.6) is 0 Å². The SMILES string of the molecule is COCc1c(CO)nnn1CC(F)F. The zero-order valence-electron chi connectivity index (χ0n) is 7.65. The van der Waals surface area contributed by atoms with Crippen molar-refractivity contribution in [2.45, 2.75) is 26.2 Å². The van der Waals surface area contributed by atoms with Gasteiger partial charge in [-0.1, -0.05) is 5.21 Å². The van der Waals surface area contributed by atoms with Gasteiger partial charge in [0.15, 0.2) is 0 Å². The van der Waals surface area contributed by atoms with Crippen LogP contribution in [-0.4, -0.2) is 33.6 Å². The van der Waals surface area contributed by atoms with Crippen molar-refractivity contribution in [2.24, 2.45) is 0 Å². The molecule has 0 atom stereocenters. The van der Waals surface area contributed by atoms with Crippen molar-refractivity contribution >= 4 is 0 Å². The Hall–Kier alpha value is -1.08. The third kappa shape index (κ3) is 2.46. The summed E-state index contributed by atoms with van der Waals surface area (Å²) in [4.78, 5) is 0. The molecule has 0 aromatic carbocycles. The molecule has 5 nitrogen and oxygen atoms in total. The van der Waals surface area contributed by atoms with Crippen LogP contribution in [0.15, 0.2) is 0 Å². The van der Waals surface area contributed by atoms with Crippen LogP contribution in [0.25, 0.3) is 0 Å². The Labute approximate surface area is 79.3 Å². The molecule has 0 unspecified atom stereocenters. The molecule has 0 saturated heterocycles. The molecule has 1 rings (SSSR count). The molecule has 0 spiro atoms. The summed E-state index contributed by atoms with van der Waals surface area (Å²) >= 11 is 0. The van der Waals surface area contributed by atoms with Crippen LogP contribution in [0, 0.1) is 0 Å². The van der Waals surface area contributed by atoms with E-state index in [4.69, 9.17) is 9.84 Å². The zero-order chi connectivity index (χ0) is 10.6. The van der Waals surface area contributed by atoms with Crippen molar-refractivity contribution in [3.63, 3.8) is 0 Å². The number of hydrogen-bond acceptors (Lipinski definition) is 4. The van der Waals surface area contributed by atoms with E-state index in [2.05, 4.69) is 10.3 Å². The highest BCUT2D eigenvalue weighted by atomic mass is 19.3. The maximum atomic E-state index is 12.1. The van der Waals surface area contributed by atoms with Gasteiger partial charge in [-0.3, -0.25) is 0 Å². The fourth-order valence-electron chi connectivity index (χ4n) is 1.06. The van der Waals surface area contributed by atoms with E-state index in [1.807, 2.05) is 0 Å². The minimum atomic E-state index is -2.50. The Morgan fingerprint density at radius 3 is 2.79 bits per heavy atom. The summed E-state index contributed by atoms with van der Waals surface area (Å²) in [6.07, 6.45) is -2.50. The Morgan fingerprint density at radius 1 is 1.57 bits per heavy atom. The first-order valence-electron chi connectivity index (χ1n) is 3.98. The van der Waals surface area contributed by atoms with Crippen molar-refractivity contribution < 1.29 is 18.6 Å². The van der Waals surface area contributed by atoms with Gasteiger partial charge >= 0.3 is 0 Å². The lowest BCUT2D eigenvalue weighted by atomic mass is 10.3. The molecular formula is C7H11F2N3O2. The molecule has 0 amide bonds. The van der Waals surface area contributed by atoms with Gasteiger partial charge in [0.1, 0.15) is 12.2 Å². The van der Waals surface area contributed by atoms with E-state index in [-0.39, 0.29) is 18.9 Å². The highest BCUT2D eigenvalue weighted by Crippen LogP contribution is 2.09. The number of nitrogens with zero attached hydrogens (tertiary/aromatic N) is 3. The molecule has 0 radical (unpaired) electrons. The van der Waals surface area contributed by atoms with Crippen LogP contribution in [0.3, 0.4) is 0 Å². The molecule has 0 fully saturated rings. The normalized spacial score (nSPS) is 11.2. The summed E-state index contributed by atoms with van der Waals surface area (Å²) in [5, 5.41) is 15.9. The Kier molecular flexibility index (Phi) is 3.90. The number of rotatable bonds is 5.